The Bertz CT molecular complexity index is 472. The number of aromatic nitrogens is 3. The lowest BCUT2D eigenvalue weighted by atomic mass is 10.4. The summed E-state index contributed by atoms with van der Waals surface area (Å²) < 4.78 is 1.64. The summed E-state index contributed by atoms with van der Waals surface area (Å²) in [6.07, 6.45) is 2.82. The average molecular weight is 209 g/mol. The van der Waals surface area contributed by atoms with E-state index in [2.05, 4.69) is 17.0 Å². The van der Waals surface area contributed by atoms with Crippen molar-refractivity contribution in [2.75, 3.05) is 0 Å². The van der Waals surface area contributed by atoms with E-state index in [4.69, 9.17) is 0 Å². The molecule has 2 rings (SSSR count). The van der Waals surface area contributed by atoms with Gasteiger partial charge in [-0.3, -0.25) is 4.79 Å². The maximum atomic E-state index is 10.8. The lowest BCUT2D eigenvalue weighted by molar-refractivity contribution is 0.111. The van der Waals surface area contributed by atoms with Crippen LogP contribution in [0.2, 0.25) is 0 Å². The van der Waals surface area contributed by atoms with Gasteiger partial charge in [0.15, 0.2) is 6.29 Å². The number of hydrogen-bond acceptors (Lipinski definition) is 4. The molecule has 0 N–H and O–H groups in total. The normalized spacial score (nSPS) is 11.0. The van der Waals surface area contributed by atoms with Crippen molar-refractivity contribution in [1.82, 2.24) is 14.6 Å². The van der Waals surface area contributed by atoms with Crippen LogP contribution in [0.3, 0.4) is 0 Å². The predicted molar refractivity (Wildman–Crippen MR) is 55.0 cm³/mol. The molecule has 0 fully saturated rings. The molecule has 2 aromatic heterocycles. The van der Waals surface area contributed by atoms with Gasteiger partial charge >= 0.3 is 0 Å². The molecule has 0 aliphatic heterocycles. The second-order valence-corrected chi connectivity index (χ2v) is 4.18. The summed E-state index contributed by atoms with van der Waals surface area (Å²) >= 11 is 1.55. The van der Waals surface area contributed by atoms with Crippen LogP contribution >= 0.6 is 11.3 Å². The summed E-state index contributed by atoms with van der Waals surface area (Å²) in [7, 11) is 0. The Labute approximate surface area is 85.6 Å². The van der Waals surface area contributed by atoms with Crippen LogP contribution in [-0.2, 0) is 6.42 Å². The number of carbonyl (C=O) groups is 1. The van der Waals surface area contributed by atoms with Crippen molar-refractivity contribution in [2.45, 2.75) is 26.7 Å². The van der Waals surface area contributed by atoms with Gasteiger partial charge in [0.25, 0.3) is 0 Å². The first-order valence-corrected chi connectivity index (χ1v) is 5.38. The summed E-state index contributed by atoms with van der Waals surface area (Å²) in [6.45, 7) is 3.93. The van der Waals surface area contributed by atoms with E-state index < -0.39 is 0 Å². The largest absolute Gasteiger partial charge is 0.296 e. The molecule has 4 nitrogen and oxygen atoms in total. The lowest BCUT2D eigenvalue weighted by Crippen LogP contribution is -1.94. The summed E-state index contributed by atoms with van der Waals surface area (Å²) in [5, 5.41) is 5.38. The Morgan fingerprint density at radius 2 is 2.36 bits per heavy atom. The molecule has 2 aromatic rings. The van der Waals surface area contributed by atoms with Gasteiger partial charge in [-0.25, -0.2) is 4.98 Å². The highest BCUT2D eigenvalue weighted by molar-refractivity contribution is 7.16. The van der Waals surface area contributed by atoms with E-state index in [1.54, 1.807) is 15.9 Å². The van der Waals surface area contributed by atoms with E-state index in [0.717, 1.165) is 34.8 Å². The lowest BCUT2D eigenvalue weighted by Gasteiger charge is -1.88. The highest BCUT2D eigenvalue weighted by Crippen LogP contribution is 2.18. The Kier molecular flexibility index (Phi) is 2.33. The van der Waals surface area contributed by atoms with E-state index >= 15 is 0 Å². The summed E-state index contributed by atoms with van der Waals surface area (Å²) in [5.41, 5.74) is 1.32. The zero-order valence-electron chi connectivity index (χ0n) is 8.15. The predicted octanol–water partition coefficient (Wildman–Crippen LogP) is 1.86. The van der Waals surface area contributed by atoms with Gasteiger partial charge in [0.05, 0.1) is 5.69 Å². The SMILES string of the molecule is CCCc1nn2c(C=O)c(C)nc2s1. The van der Waals surface area contributed by atoms with Gasteiger partial charge in [-0.05, 0) is 13.3 Å². The Balaban J connectivity index is 2.56. The van der Waals surface area contributed by atoms with Gasteiger partial charge in [0.2, 0.25) is 4.96 Å². The van der Waals surface area contributed by atoms with Gasteiger partial charge in [-0.15, -0.1) is 0 Å². The number of nitrogens with zero attached hydrogens (tertiary/aromatic N) is 3. The van der Waals surface area contributed by atoms with Crippen LogP contribution in [0.15, 0.2) is 0 Å². The van der Waals surface area contributed by atoms with Gasteiger partial charge in [-0.1, -0.05) is 18.3 Å². The second kappa shape index (κ2) is 3.49. The van der Waals surface area contributed by atoms with Crippen molar-refractivity contribution < 1.29 is 4.79 Å². The minimum absolute atomic E-state index is 0.568. The second-order valence-electron chi connectivity index (χ2n) is 3.14. The van der Waals surface area contributed by atoms with E-state index in [1.165, 1.54) is 0 Å². The molecule has 74 valence electrons. The van der Waals surface area contributed by atoms with Gasteiger partial charge in [0, 0.05) is 6.42 Å². The molecule has 0 atom stereocenters. The standard InChI is InChI=1S/C9H11N3OS/c1-3-4-8-11-12-7(5-13)6(2)10-9(12)14-8/h5H,3-4H2,1-2H3. The Hall–Kier alpha value is -1.23. The van der Waals surface area contributed by atoms with Crippen LogP contribution in [-0.4, -0.2) is 20.9 Å². The van der Waals surface area contributed by atoms with Crippen LogP contribution in [0.4, 0.5) is 0 Å². The van der Waals surface area contributed by atoms with Crippen molar-refractivity contribution in [2.24, 2.45) is 0 Å². The zero-order valence-corrected chi connectivity index (χ0v) is 8.97. The van der Waals surface area contributed by atoms with Gasteiger partial charge in [-0.2, -0.15) is 9.61 Å². The molecule has 0 bridgehead atoms. The summed E-state index contributed by atoms with van der Waals surface area (Å²) in [4.78, 5) is 15.9. The minimum atomic E-state index is 0.568. The van der Waals surface area contributed by atoms with Crippen molar-refractivity contribution in [3.8, 4) is 0 Å². The van der Waals surface area contributed by atoms with Gasteiger partial charge < -0.3 is 0 Å². The molecule has 2 heterocycles. The minimum Gasteiger partial charge on any atom is -0.296 e. The molecule has 14 heavy (non-hydrogen) atoms. The topological polar surface area (TPSA) is 47.3 Å². The van der Waals surface area contributed by atoms with Crippen molar-refractivity contribution in [3.05, 3.63) is 16.4 Å². The van der Waals surface area contributed by atoms with E-state index in [0.29, 0.717) is 5.69 Å². The molecule has 0 unspecified atom stereocenters. The Morgan fingerprint density at radius 1 is 1.57 bits per heavy atom. The van der Waals surface area contributed by atoms with Crippen molar-refractivity contribution >= 4 is 22.6 Å². The van der Waals surface area contributed by atoms with E-state index in [-0.39, 0.29) is 0 Å². The van der Waals surface area contributed by atoms with Crippen LogP contribution in [0.5, 0.6) is 0 Å². The summed E-state index contributed by atoms with van der Waals surface area (Å²) in [6, 6.07) is 0. The maximum absolute atomic E-state index is 10.8. The zero-order chi connectivity index (χ0) is 10.1. The first kappa shape index (κ1) is 9.33. The molecule has 0 aliphatic carbocycles. The van der Waals surface area contributed by atoms with Crippen molar-refractivity contribution in [3.63, 3.8) is 0 Å². The monoisotopic (exact) mass is 209 g/mol. The maximum Gasteiger partial charge on any atom is 0.213 e. The fourth-order valence-electron chi connectivity index (χ4n) is 1.35. The highest BCUT2D eigenvalue weighted by Gasteiger charge is 2.12. The number of aryl methyl sites for hydroxylation is 2. The number of carbonyl (C=O) groups excluding carboxylic acids is 1. The molecule has 0 amide bonds. The molecular weight excluding hydrogens is 198 g/mol. The number of hydrogen-bond donors (Lipinski definition) is 0. The summed E-state index contributed by atoms with van der Waals surface area (Å²) in [5.74, 6) is 0. The third-order valence-corrected chi connectivity index (χ3v) is 3.01. The van der Waals surface area contributed by atoms with Gasteiger partial charge in [0.1, 0.15) is 10.7 Å². The molecule has 0 spiro atoms. The number of imidazole rings is 1. The van der Waals surface area contributed by atoms with E-state index in [1.807, 2.05) is 6.92 Å². The van der Waals surface area contributed by atoms with Crippen molar-refractivity contribution in [1.29, 1.82) is 0 Å². The van der Waals surface area contributed by atoms with Crippen LogP contribution in [0.1, 0.15) is 34.5 Å². The highest BCUT2D eigenvalue weighted by atomic mass is 32.1. The molecule has 0 saturated carbocycles. The average Bonchev–Trinajstić information content (AvgIpc) is 2.61. The molecular formula is C9H11N3OS. The molecule has 0 saturated heterocycles. The first-order chi connectivity index (χ1) is 6.76. The fourth-order valence-corrected chi connectivity index (χ4v) is 2.40. The Morgan fingerprint density at radius 3 is 3.00 bits per heavy atom. The number of aldehydes is 1. The smallest absolute Gasteiger partial charge is 0.213 e. The molecule has 0 aromatic carbocycles. The van der Waals surface area contributed by atoms with E-state index in [9.17, 15) is 4.79 Å². The third kappa shape index (κ3) is 1.33. The quantitative estimate of drug-likeness (QED) is 0.725. The number of rotatable bonds is 3. The van der Waals surface area contributed by atoms with Crippen LogP contribution in [0.25, 0.3) is 4.96 Å². The van der Waals surface area contributed by atoms with Crippen LogP contribution in [0, 0.1) is 6.92 Å². The first-order valence-electron chi connectivity index (χ1n) is 4.56. The molecule has 0 aliphatic rings. The fraction of sp³-hybridized carbons (Fsp3) is 0.444. The number of fused-ring (bicyclic) bond motifs is 1. The molecule has 5 heteroatoms. The molecule has 0 radical (unpaired) electrons. The van der Waals surface area contributed by atoms with Crippen LogP contribution < -0.4 is 0 Å². The third-order valence-electron chi connectivity index (χ3n) is 2.04.